The van der Waals surface area contributed by atoms with Crippen molar-refractivity contribution >= 4 is 29.3 Å². The smallest absolute Gasteiger partial charge is 0.407 e. The molecule has 2 aromatic rings. The fourth-order valence-corrected chi connectivity index (χ4v) is 3.81. The minimum absolute atomic E-state index is 0.00460. The molecule has 0 saturated heterocycles. The molecule has 3 amide bonds. The van der Waals surface area contributed by atoms with Crippen LogP contribution in [-0.2, 0) is 19.1 Å². The van der Waals surface area contributed by atoms with Gasteiger partial charge in [-0.05, 0) is 59.9 Å². The zero-order valence-corrected chi connectivity index (χ0v) is 19.3. The average molecular weight is 454 g/mol. The Labute approximate surface area is 194 Å². The van der Waals surface area contributed by atoms with Crippen molar-refractivity contribution in [2.24, 2.45) is 0 Å². The minimum atomic E-state index is -0.486. The van der Waals surface area contributed by atoms with Gasteiger partial charge in [0.1, 0.15) is 13.2 Å². The fraction of sp³-hybridized carbons (Fsp3) is 0.400. The second-order valence-corrected chi connectivity index (χ2v) is 7.79. The van der Waals surface area contributed by atoms with Crippen LogP contribution in [0.4, 0.5) is 16.2 Å². The predicted molar refractivity (Wildman–Crippen MR) is 127 cm³/mol. The van der Waals surface area contributed by atoms with Gasteiger partial charge in [-0.3, -0.25) is 9.59 Å². The lowest BCUT2D eigenvalue weighted by Gasteiger charge is -2.16. The predicted octanol–water partition coefficient (Wildman–Crippen LogP) is 4.26. The topological polar surface area (TPSA) is 106 Å². The fourth-order valence-electron chi connectivity index (χ4n) is 3.81. The molecule has 0 spiro atoms. The van der Waals surface area contributed by atoms with Gasteiger partial charge in [-0.2, -0.15) is 0 Å². The molecule has 1 unspecified atom stereocenters. The van der Waals surface area contributed by atoms with E-state index in [2.05, 4.69) is 16.0 Å². The van der Waals surface area contributed by atoms with Gasteiger partial charge in [0.2, 0.25) is 11.8 Å². The summed E-state index contributed by atoms with van der Waals surface area (Å²) < 4.78 is 10.8. The Morgan fingerprint density at radius 2 is 1.48 bits per heavy atom. The molecule has 176 valence electrons. The minimum Gasteiger partial charge on any atom is -0.449 e. The lowest BCUT2D eigenvalue weighted by molar-refractivity contribution is -0.120. The van der Waals surface area contributed by atoms with Gasteiger partial charge in [0.05, 0.1) is 0 Å². The van der Waals surface area contributed by atoms with E-state index in [4.69, 9.17) is 9.47 Å². The first-order chi connectivity index (χ1) is 16.0. The lowest BCUT2D eigenvalue weighted by atomic mass is 9.97. The lowest BCUT2D eigenvalue weighted by Crippen LogP contribution is -2.25. The summed E-state index contributed by atoms with van der Waals surface area (Å²) >= 11 is 0. The van der Waals surface area contributed by atoms with Crippen LogP contribution < -0.4 is 16.0 Å². The zero-order chi connectivity index (χ0) is 23.8. The highest BCUT2D eigenvalue weighted by Crippen LogP contribution is 2.46. The molecule has 8 nitrogen and oxygen atoms in total. The molecule has 0 heterocycles. The van der Waals surface area contributed by atoms with E-state index in [0.717, 1.165) is 28.7 Å². The van der Waals surface area contributed by atoms with Gasteiger partial charge in [0, 0.05) is 36.9 Å². The molecule has 1 atom stereocenters. The summed E-state index contributed by atoms with van der Waals surface area (Å²) in [5.74, 6) is -0.529. The maximum Gasteiger partial charge on any atom is 0.407 e. The highest BCUT2D eigenvalue weighted by atomic mass is 16.5. The number of fused-ring (bicyclic) bond motifs is 3. The van der Waals surface area contributed by atoms with E-state index in [-0.39, 0.29) is 30.9 Å². The molecule has 3 rings (SSSR count). The van der Waals surface area contributed by atoms with Gasteiger partial charge >= 0.3 is 6.09 Å². The number of rotatable bonds is 10. The van der Waals surface area contributed by atoms with E-state index in [9.17, 15) is 14.4 Å². The number of carbonyl (C=O) groups excluding carboxylic acids is 3. The highest BCUT2D eigenvalue weighted by molar-refractivity contribution is 5.94. The maximum absolute atomic E-state index is 12.2. The van der Waals surface area contributed by atoms with Crippen LogP contribution in [0.1, 0.15) is 50.7 Å². The van der Waals surface area contributed by atoms with Crippen molar-refractivity contribution in [3.8, 4) is 11.1 Å². The van der Waals surface area contributed by atoms with E-state index >= 15 is 0 Å². The van der Waals surface area contributed by atoms with Gasteiger partial charge in [-0.15, -0.1) is 0 Å². The van der Waals surface area contributed by atoms with Crippen molar-refractivity contribution < 1.29 is 23.9 Å². The Morgan fingerprint density at radius 3 is 2.03 bits per heavy atom. The number of hydrogen-bond acceptors (Lipinski definition) is 5. The van der Waals surface area contributed by atoms with Crippen molar-refractivity contribution in [1.29, 1.82) is 0 Å². The van der Waals surface area contributed by atoms with Gasteiger partial charge in [-0.1, -0.05) is 26.0 Å². The first-order valence-electron chi connectivity index (χ1n) is 11.3. The molecule has 1 aliphatic rings. The molecule has 0 saturated carbocycles. The van der Waals surface area contributed by atoms with Gasteiger partial charge < -0.3 is 25.4 Å². The molecule has 33 heavy (non-hydrogen) atoms. The van der Waals surface area contributed by atoms with E-state index < -0.39 is 6.09 Å². The van der Waals surface area contributed by atoms with Crippen molar-refractivity contribution in [3.63, 3.8) is 0 Å². The molecule has 0 aromatic heterocycles. The van der Waals surface area contributed by atoms with Gasteiger partial charge in [-0.25, -0.2) is 4.79 Å². The first-order valence-corrected chi connectivity index (χ1v) is 11.3. The van der Waals surface area contributed by atoms with Crippen LogP contribution in [0.15, 0.2) is 36.4 Å². The van der Waals surface area contributed by atoms with Gasteiger partial charge in [0.15, 0.2) is 0 Å². The molecule has 0 aliphatic heterocycles. The number of alkyl carbamates (subject to hydrolysis) is 1. The van der Waals surface area contributed by atoms with Crippen molar-refractivity contribution in [2.45, 2.75) is 39.5 Å². The quantitative estimate of drug-likeness (QED) is 0.466. The molecule has 0 bridgehead atoms. The Bertz CT molecular complexity index is 1020. The number of hydrogen-bond donors (Lipinski definition) is 3. The molecule has 3 N–H and O–H groups in total. The Morgan fingerprint density at radius 1 is 0.879 bits per heavy atom. The van der Waals surface area contributed by atoms with Crippen LogP contribution in [0.5, 0.6) is 0 Å². The van der Waals surface area contributed by atoms with Crippen LogP contribution in [-0.4, -0.2) is 44.3 Å². The standard InChI is InChI=1S/C25H31N3O5/c1-4-11-32-15-24(30)28-17-8-10-19-18-9-7-16(27-23(29)5-2)12-20(18)22(21(19)13-17)14-33-25(31)26-6-3/h7-10,12-13,22H,4-6,11,14-15H2,1-3H3,(H,26,31)(H,27,29)(H,28,30). The van der Waals surface area contributed by atoms with Crippen LogP contribution in [0.3, 0.4) is 0 Å². The summed E-state index contributed by atoms with van der Waals surface area (Å²) in [6.45, 7) is 6.73. The number of nitrogens with one attached hydrogen (secondary N) is 3. The largest absolute Gasteiger partial charge is 0.449 e. The molecule has 2 aromatic carbocycles. The number of ether oxygens (including phenoxy) is 2. The molecule has 1 aliphatic carbocycles. The van der Waals surface area contributed by atoms with E-state index in [0.29, 0.717) is 30.9 Å². The average Bonchev–Trinajstić information content (AvgIpc) is 3.10. The SMILES string of the molecule is CCCOCC(=O)Nc1ccc2c(c1)C(COC(=O)NCC)c1cc(NC(=O)CC)ccc1-2. The van der Waals surface area contributed by atoms with Crippen molar-refractivity contribution in [3.05, 3.63) is 47.5 Å². The van der Waals surface area contributed by atoms with E-state index in [1.807, 2.05) is 50.2 Å². The summed E-state index contributed by atoms with van der Waals surface area (Å²) in [6, 6.07) is 11.5. The van der Waals surface area contributed by atoms with Crippen LogP contribution in [0, 0.1) is 0 Å². The van der Waals surface area contributed by atoms with Gasteiger partial charge in [0.25, 0.3) is 0 Å². The normalized spacial score (nSPS) is 13.6. The van der Waals surface area contributed by atoms with Crippen LogP contribution in [0.2, 0.25) is 0 Å². The van der Waals surface area contributed by atoms with E-state index in [1.165, 1.54) is 0 Å². The summed E-state index contributed by atoms with van der Waals surface area (Å²) in [5, 5.41) is 8.39. The third-order valence-electron chi connectivity index (χ3n) is 5.32. The molecule has 8 heteroatoms. The molecule has 0 radical (unpaired) electrons. The molecular formula is C25H31N3O5. The Kier molecular flexibility index (Phi) is 8.43. The number of benzene rings is 2. The van der Waals surface area contributed by atoms with Crippen molar-refractivity contribution in [1.82, 2.24) is 5.32 Å². The number of amides is 3. The summed E-state index contributed by atoms with van der Waals surface area (Å²) in [5.41, 5.74) is 5.25. The first kappa shape index (κ1) is 24.3. The second kappa shape index (κ2) is 11.5. The Balaban J connectivity index is 1.88. The van der Waals surface area contributed by atoms with Crippen molar-refractivity contribution in [2.75, 3.05) is 37.0 Å². The zero-order valence-electron chi connectivity index (χ0n) is 19.3. The third-order valence-corrected chi connectivity index (χ3v) is 5.32. The monoisotopic (exact) mass is 453 g/mol. The Hall–Kier alpha value is -3.39. The molecular weight excluding hydrogens is 422 g/mol. The summed E-state index contributed by atoms with van der Waals surface area (Å²) in [6.07, 6.45) is 0.741. The summed E-state index contributed by atoms with van der Waals surface area (Å²) in [4.78, 5) is 36.0. The second-order valence-electron chi connectivity index (χ2n) is 7.79. The number of carbonyl (C=O) groups is 3. The van der Waals surface area contributed by atoms with Crippen LogP contribution >= 0.6 is 0 Å². The number of anilines is 2. The third kappa shape index (κ3) is 6.10. The molecule has 0 fully saturated rings. The van der Waals surface area contributed by atoms with E-state index in [1.54, 1.807) is 6.92 Å². The highest BCUT2D eigenvalue weighted by Gasteiger charge is 2.30. The van der Waals surface area contributed by atoms with Crippen LogP contribution in [0.25, 0.3) is 11.1 Å². The summed E-state index contributed by atoms with van der Waals surface area (Å²) in [7, 11) is 0. The maximum atomic E-state index is 12.2.